The Hall–Kier alpha value is -1.58. The number of Topliss-reactive ketones (excluding diaryl/α,β-unsaturated/α-hetero) is 1. The van der Waals surface area contributed by atoms with Crippen LogP contribution >= 0.6 is 0 Å². The van der Waals surface area contributed by atoms with E-state index in [9.17, 15) is 9.59 Å². The van der Waals surface area contributed by atoms with Crippen molar-refractivity contribution in [2.24, 2.45) is 0 Å². The van der Waals surface area contributed by atoms with Gasteiger partial charge < -0.3 is 10.3 Å². The number of hydrogen-bond acceptors (Lipinski definition) is 3. The number of H-pyrrole nitrogens is 1. The van der Waals surface area contributed by atoms with Crippen molar-refractivity contribution in [1.29, 1.82) is 0 Å². The van der Waals surface area contributed by atoms with Gasteiger partial charge in [0.05, 0.1) is 5.69 Å². The first-order valence-electron chi connectivity index (χ1n) is 3.57. The summed E-state index contributed by atoms with van der Waals surface area (Å²) in [6, 6.07) is 1.65. The monoisotopic (exact) mass is 166 g/mol. The molecule has 4 heteroatoms. The molecule has 1 heterocycles. The molecule has 2 N–H and O–H groups in total. The fraction of sp³-hybridized carbons (Fsp3) is 0.250. The van der Waals surface area contributed by atoms with E-state index in [2.05, 4.69) is 10.3 Å². The molecule has 1 rings (SSSR count). The molecule has 0 unspecified atom stereocenters. The Labute approximate surface area is 69.6 Å². The van der Waals surface area contributed by atoms with Gasteiger partial charge in [-0.05, 0) is 13.0 Å². The van der Waals surface area contributed by atoms with Crippen LogP contribution in [-0.2, 0) is 0 Å². The number of ketones is 1. The number of rotatable bonds is 2. The second kappa shape index (κ2) is 3.21. The summed E-state index contributed by atoms with van der Waals surface area (Å²) in [5.74, 6) is -0.235. The number of pyridine rings is 1. The average molecular weight is 166 g/mol. The number of hydrogen-bond donors (Lipinski definition) is 2. The summed E-state index contributed by atoms with van der Waals surface area (Å²) < 4.78 is 0. The van der Waals surface area contributed by atoms with Gasteiger partial charge in [0.1, 0.15) is 5.56 Å². The van der Waals surface area contributed by atoms with Crippen molar-refractivity contribution in [1.82, 2.24) is 4.98 Å². The molecule has 1 aromatic rings. The molecule has 0 aromatic carbocycles. The molecule has 0 aliphatic heterocycles. The maximum Gasteiger partial charge on any atom is 0.260 e. The van der Waals surface area contributed by atoms with Crippen molar-refractivity contribution in [3.63, 3.8) is 0 Å². The first kappa shape index (κ1) is 8.52. The molecule has 0 amide bonds. The van der Waals surface area contributed by atoms with Crippen LogP contribution in [-0.4, -0.2) is 17.8 Å². The lowest BCUT2D eigenvalue weighted by molar-refractivity contribution is 0.101. The second-order valence-electron chi connectivity index (χ2n) is 2.40. The van der Waals surface area contributed by atoms with E-state index >= 15 is 0 Å². The fourth-order valence-corrected chi connectivity index (χ4v) is 1.04. The van der Waals surface area contributed by atoms with Crippen LogP contribution in [0.25, 0.3) is 0 Å². The number of carbonyl (C=O) groups is 1. The average Bonchev–Trinajstić information content (AvgIpc) is 2.03. The zero-order chi connectivity index (χ0) is 9.14. The highest BCUT2D eigenvalue weighted by atomic mass is 16.1. The van der Waals surface area contributed by atoms with Crippen molar-refractivity contribution < 1.29 is 4.79 Å². The molecule has 0 radical (unpaired) electrons. The smallest absolute Gasteiger partial charge is 0.260 e. The normalized spacial score (nSPS) is 9.50. The maximum absolute atomic E-state index is 11.1. The standard InChI is InChI=1S/C8H10N2O2/c1-5(11)7-6(9-2)3-4-10-8(7)12/h3-4H,1-2H3,(H2,9,10,12). The lowest BCUT2D eigenvalue weighted by Crippen LogP contribution is -2.17. The Morgan fingerprint density at radius 3 is 2.67 bits per heavy atom. The van der Waals surface area contributed by atoms with Gasteiger partial charge in [-0.1, -0.05) is 0 Å². The van der Waals surface area contributed by atoms with E-state index in [-0.39, 0.29) is 16.9 Å². The third-order valence-corrected chi connectivity index (χ3v) is 1.58. The van der Waals surface area contributed by atoms with Crippen LogP contribution in [0.3, 0.4) is 0 Å². The van der Waals surface area contributed by atoms with Crippen LogP contribution in [0, 0.1) is 0 Å². The van der Waals surface area contributed by atoms with Gasteiger partial charge in [-0.3, -0.25) is 9.59 Å². The van der Waals surface area contributed by atoms with Crippen molar-refractivity contribution in [2.45, 2.75) is 6.92 Å². The molecule has 64 valence electrons. The third kappa shape index (κ3) is 1.37. The Kier molecular flexibility index (Phi) is 2.28. The van der Waals surface area contributed by atoms with Crippen LogP contribution in [0.1, 0.15) is 17.3 Å². The minimum absolute atomic E-state index is 0.181. The van der Waals surface area contributed by atoms with Crippen molar-refractivity contribution in [3.8, 4) is 0 Å². The molecule has 0 saturated carbocycles. The van der Waals surface area contributed by atoms with Gasteiger partial charge in [-0.2, -0.15) is 0 Å². The summed E-state index contributed by atoms with van der Waals surface area (Å²) in [7, 11) is 1.67. The molecule has 12 heavy (non-hydrogen) atoms. The lowest BCUT2D eigenvalue weighted by atomic mass is 10.1. The molecule has 0 fully saturated rings. The molecule has 0 aliphatic carbocycles. The molecule has 0 bridgehead atoms. The highest BCUT2D eigenvalue weighted by Gasteiger charge is 2.09. The number of nitrogens with one attached hydrogen (secondary N) is 2. The summed E-state index contributed by atoms with van der Waals surface area (Å²) in [4.78, 5) is 24.5. The van der Waals surface area contributed by atoms with Gasteiger partial charge in [0.25, 0.3) is 5.56 Å². The SMILES string of the molecule is CNc1cc[nH]c(=O)c1C(C)=O. The van der Waals surface area contributed by atoms with E-state index in [1.54, 1.807) is 13.1 Å². The van der Waals surface area contributed by atoms with E-state index in [4.69, 9.17) is 0 Å². The number of aromatic nitrogens is 1. The largest absolute Gasteiger partial charge is 0.387 e. The summed E-state index contributed by atoms with van der Waals surface area (Å²) >= 11 is 0. The van der Waals surface area contributed by atoms with Crippen LogP contribution in [0.4, 0.5) is 5.69 Å². The number of aromatic amines is 1. The predicted molar refractivity (Wildman–Crippen MR) is 46.6 cm³/mol. The highest BCUT2D eigenvalue weighted by Crippen LogP contribution is 2.08. The number of anilines is 1. The molecular formula is C8H10N2O2. The summed E-state index contributed by atoms with van der Waals surface area (Å²) in [5.41, 5.74) is 0.389. The van der Waals surface area contributed by atoms with Crippen LogP contribution < -0.4 is 10.9 Å². The molecular weight excluding hydrogens is 156 g/mol. The molecule has 4 nitrogen and oxygen atoms in total. The van der Waals surface area contributed by atoms with Crippen molar-refractivity contribution in [3.05, 3.63) is 28.2 Å². The Morgan fingerprint density at radius 2 is 2.25 bits per heavy atom. The molecule has 1 aromatic heterocycles. The quantitative estimate of drug-likeness (QED) is 0.633. The van der Waals surface area contributed by atoms with Crippen molar-refractivity contribution in [2.75, 3.05) is 12.4 Å². The first-order chi connectivity index (χ1) is 5.66. The lowest BCUT2D eigenvalue weighted by Gasteiger charge is -2.02. The minimum Gasteiger partial charge on any atom is -0.387 e. The third-order valence-electron chi connectivity index (χ3n) is 1.58. The molecule has 0 saturated heterocycles. The second-order valence-corrected chi connectivity index (χ2v) is 2.40. The first-order valence-corrected chi connectivity index (χ1v) is 3.57. The Morgan fingerprint density at radius 1 is 1.58 bits per heavy atom. The van der Waals surface area contributed by atoms with E-state index in [0.29, 0.717) is 5.69 Å². The van der Waals surface area contributed by atoms with Crippen LogP contribution in [0.15, 0.2) is 17.1 Å². The van der Waals surface area contributed by atoms with E-state index in [1.165, 1.54) is 13.1 Å². The van der Waals surface area contributed by atoms with Crippen molar-refractivity contribution >= 4 is 11.5 Å². The molecule has 0 aliphatic rings. The van der Waals surface area contributed by atoms with Gasteiger partial charge in [-0.25, -0.2) is 0 Å². The zero-order valence-corrected chi connectivity index (χ0v) is 6.97. The van der Waals surface area contributed by atoms with Gasteiger partial charge in [-0.15, -0.1) is 0 Å². The summed E-state index contributed by atoms with van der Waals surface area (Å²) in [6.07, 6.45) is 1.50. The van der Waals surface area contributed by atoms with Crippen LogP contribution in [0.2, 0.25) is 0 Å². The van der Waals surface area contributed by atoms with Gasteiger partial charge in [0.15, 0.2) is 5.78 Å². The fourth-order valence-electron chi connectivity index (χ4n) is 1.04. The summed E-state index contributed by atoms with van der Waals surface area (Å²) in [6.45, 7) is 1.37. The summed E-state index contributed by atoms with van der Waals surface area (Å²) in [5, 5.41) is 2.78. The highest BCUT2D eigenvalue weighted by molar-refractivity contribution is 5.98. The van der Waals surface area contributed by atoms with E-state index in [1.807, 2.05) is 0 Å². The molecule has 0 spiro atoms. The zero-order valence-electron chi connectivity index (χ0n) is 6.97. The Balaban J connectivity index is 3.40. The van der Waals surface area contributed by atoms with E-state index < -0.39 is 0 Å². The predicted octanol–water partition coefficient (Wildman–Crippen LogP) is 0.619. The Bertz CT molecular complexity index is 354. The van der Waals surface area contributed by atoms with Crippen LogP contribution in [0.5, 0.6) is 0 Å². The van der Waals surface area contributed by atoms with Gasteiger partial charge in [0, 0.05) is 13.2 Å². The van der Waals surface area contributed by atoms with E-state index in [0.717, 1.165) is 0 Å². The minimum atomic E-state index is -0.352. The molecule has 0 atom stereocenters. The van der Waals surface area contributed by atoms with Gasteiger partial charge >= 0.3 is 0 Å². The number of carbonyl (C=O) groups excluding carboxylic acids is 1. The maximum atomic E-state index is 11.1. The van der Waals surface area contributed by atoms with Gasteiger partial charge in [0.2, 0.25) is 0 Å². The topological polar surface area (TPSA) is 62.0 Å².